The van der Waals surface area contributed by atoms with Gasteiger partial charge in [-0.3, -0.25) is 4.68 Å². The van der Waals surface area contributed by atoms with Crippen molar-refractivity contribution in [3.05, 3.63) is 98.1 Å². The maximum absolute atomic E-state index is 12.4. The zero-order chi connectivity index (χ0) is 24.2. The van der Waals surface area contributed by atoms with Crippen molar-refractivity contribution in [1.82, 2.24) is 9.78 Å². The third-order valence-corrected chi connectivity index (χ3v) is 5.88. The lowest BCUT2D eigenvalue weighted by atomic mass is 10.1. The molecule has 4 rings (SSSR count). The molecule has 34 heavy (non-hydrogen) atoms. The second-order valence-corrected chi connectivity index (χ2v) is 8.13. The first kappa shape index (κ1) is 23.3. The van der Waals surface area contributed by atoms with Gasteiger partial charge in [-0.15, -0.1) is 0 Å². The summed E-state index contributed by atoms with van der Waals surface area (Å²) in [5.74, 6) is 0.0288. The van der Waals surface area contributed by atoms with Gasteiger partial charge in [0.15, 0.2) is 0 Å². The van der Waals surface area contributed by atoms with Crippen molar-refractivity contribution in [2.75, 3.05) is 7.11 Å². The number of esters is 1. The Bertz CT molecular complexity index is 1450. The third kappa shape index (κ3) is 5.05. The van der Waals surface area contributed by atoms with Gasteiger partial charge in [-0.25, -0.2) is 9.59 Å². The van der Waals surface area contributed by atoms with Gasteiger partial charge in [0.05, 0.1) is 19.3 Å². The van der Waals surface area contributed by atoms with E-state index in [0.717, 1.165) is 22.5 Å². The minimum atomic E-state index is -0.535. The van der Waals surface area contributed by atoms with Crippen molar-refractivity contribution >= 4 is 34.6 Å². The van der Waals surface area contributed by atoms with E-state index in [1.165, 1.54) is 19.3 Å². The number of rotatable bonds is 7. The monoisotopic (exact) mass is 478 g/mol. The molecular weight excluding hydrogens is 456 g/mol. The number of hydrogen-bond acceptors (Lipinski definition) is 6. The summed E-state index contributed by atoms with van der Waals surface area (Å²) in [6, 6.07) is 14.1. The smallest absolute Gasteiger partial charge is 0.336 e. The van der Waals surface area contributed by atoms with Crippen LogP contribution in [0.1, 0.15) is 28.1 Å². The molecule has 0 bridgehead atoms. The Morgan fingerprint density at radius 1 is 1.15 bits per heavy atom. The number of nitrogens with zero attached hydrogens (tertiary/aromatic N) is 2. The van der Waals surface area contributed by atoms with Gasteiger partial charge in [0.2, 0.25) is 0 Å². The maximum atomic E-state index is 12.4. The Hall–Kier alpha value is -3.84. The number of aromatic nitrogens is 2. The molecule has 0 amide bonds. The Morgan fingerprint density at radius 3 is 2.71 bits per heavy atom. The van der Waals surface area contributed by atoms with E-state index in [2.05, 4.69) is 5.10 Å². The van der Waals surface area contributed by atoms with Gasteiger partial charge in [-0.2, -0.15) is 5.10 Å². The molecule has 4 aromatic rings. The van der Waals surface area contributed by atoms with Crippen LogP contribution in [0.5, 0.6) is 5.75 Å². The van der Waals surface area contributed by atoms with Crippen LogP contribution in [-0.2, 0) is 22.7 Å². The zero-order valence-electron chi connectivity index (χ0n) is 19.0. The Morgan fingerprint density at radius 2 is 1.94 bits per heavy atom. The van der Waals surface area contributed by atoms with E-state index in [4.69, 9.17) is 25.5 Å². The van der Waals surface area contributed by atoms with E-state index in [0.29, 0.717) is 33.8 Å². The summed E-state index contributed by atoms with van der Waals surface area (Å²) < 4.78 is 17.6. The minimum absolute atomic E-state index is 0.0681. The maximum Gasteiger partial charge on any atom is 0.336 e. The molecule has 0 saturated heterocycles. The highest BCUT2D eigenvalue weighted by Gasteiger charge is 2.12. The van der Waals surface area contributed by atoms with E-state index in [-0.39, 0.29) is 6.61 Å². The zero-order valence-corrected chi connectivity index (χ0v) is 19.8. The highest BCUT2D eigenvalue weighted by Crippen LogP contribution is 2.23. The molecule has 0 aliphatic heterocycles. The Balaban J connectivity index is 1.47. The molecule has 0 fully saturated rings. The lowest BCUT2D eigenvalue weighted by molar-refractivity contribution is -0.138. The van der Waals surface area contributed by atoms with Crippen LogP contribution in [0.3, 0.4) is 0 Å². The van der Waals surface area contributed by atoms with Gasteiger partial charge in [0.25, 0.3) is 0 Å². The molecule has 2 aromatic heterocycles. The van der Waals surface area contributed by atoms with Crippen LogP contribution in [0.2, 0.25) is 5.02 Å². The highest BCUT2D eigenvalue weighted by atomic mass is 35.5. The van der Waals surface area contributed by atoms with E-state index < -0.39 is 11.6 Å². The summed E-state index contributed by atoms with van der Waals surface area (Å²) in [4.78, 5) is 24.3. The van der Waals surface area contributed by atoms with E-state index in [9.17, 15) is 9.59 Å². The molecule has 0 saturated carbocycles. The van der Waals surface area contributed by atoms with Crippen molar-refractivity contribution < 1.29 is 18.7 Å². The molecule has 174 valence electrons. The van der Waals surface area contributed by atoms with Gasteiger partial charge in [0.1, 0.15) is 17.9 Å². The predicted molar refractivity (Wildman–Crippen MR) is 130 cm³/mol. The van der Waals surface area contributed by atoms with Crippen molar-refractivity contribution in [2.45, 2.75) is 27.0 Å². The van der Waals surface area contributed by atoms with Crippen molar-refractivity contribution in [3.8, 4) is 5.75 Å². The highest BCUT2D eigenvalue weighted by molar-refractivity contribution is 6.31. The first-order chi connectivity index (χ1) is 16.4. The summed E-state index contributed by atoms with van der Waals surface area (Å²) in [7, 11) is 1.53. The minimum Gasteiger partial charge on any atom is -0.497 e. The van der Waals surface area contributed by atoms with Crippen LogP contribution >= 0.6 is 11.6 Å². The number of ether oxygens (including phenoxy) is 2. The van der Waals surface area contributed by atoms with Crippen LogP contribution in [-0.4, -0.2) is 22.9 Å². The largest absolute Gasteiger partial charge is 0.497 e. The van der Waals surface area contributed by atoms with Crippen LogP contribution in [0.15, 0.2) is 63.8 Å². The summed E-state index contributed by atoms with van der Waals surface area (Å²) in [6.07, 6.45) is 3.04. The first-order valence-corrected chi connectivity index (χ1v) is 11.0. The fraction of sp³-hybridized carbons (Fsp3) is 0.192. The van der Waals surface area contributed by atoms with Gasteiger partial charge < -0.3 is 13.9 Å². The van der Waals surface area contributed by atoms with E-state index in [1.807, 2.05) is 42.8 Å². The summed E-state index contributed by atoms with van der Waals surface area (Å²) >= 11 is 6.27. The van der Waals surface area contributed by atoms with Crippen molar-refractivity contribution in [3.63, 3.8) is 0 Å². The SMILES string of the molecule is COc1ccc2c(COC(=O)C=Cc3c(C)nn(Cc4ccccc4Cl)c3C)cc(=O)oc2c1. The molecule has 8 heteroatoms. The number of fused-ring (bicyclic) bond motifs is 1. The molecule has 0 atom stereocenters. The number of carbonyl (C=O) groups excluding carboxylic acids is 1. The number of aryl methyl sites for hydroxylation is 1. The van der Waals surface area contributed by atoms with Gasteiger partial charge in [-0.05, 0) is 43.7 Å². The van der Waals surface area contributed by atoms with Crippen molar-refractivity contribution in [2.24, 2.45) is 0 Å². The molecule has 7 nitrogen and oxygen atoms in total. The Kier molecular flexibility index (Phi) is 6.84. The second-order valence-electron chi connectivity index (χ2n) is 7.73. The average Bonchev–Trinajstić information content (AvgIpc) is 3.09. The molecule has 2 heterocycles. The predicted octanol–water partition coefficient (Wildman–Crippen LogP) is 5.07. The third-order valence-electron chi connectivity index (χ3n) is 5.51. The van der Waals surface area contributed by atoms with E-state index in [1.54, 1.807) is 24.3 Å². The molecular formula is C26H23ClN2O5. The van der Waals surface area contributed by atoms with Gasteiger partial charge >= 0.3 is 11.6 Å². The summed E-state index contributed by atoms with van der Waals surface area (Å²) in [5, 5.41) is 5.92. The lowest BCUT2D eigenvalue weighted by Crippen LogP contribution is -2.06. The van der Waals surface area contributed by atoms with Crippen LogP contribution in [0.4, 0.5) is 0 Å². The summed E-state index contributed by atoms with van der Waals surface area (Å²) in [6.45, 7) is 4.27. The normalized spacial score (nSPS) is 11.3. The number of hydrogen-bond donors (Lipinski definition) is 0. The standard InChI is InChI=1S/C26H23ClN2O5/c1-16-21(17(2)29(28-16)14-18-6-4-5-7-23(18)27)10-11-25(30)33-15-19-12-26(31)34-24-13-20(32-3)8-9-22(19)24/h4-13H,14-15H2,1-3H3. The van der Waals surface area contributed by atoms with Crippen LogP contribution in [0, 0.1) is 13.8 Å². The van der Waals surface area contributed by atoms with Crippen LogP contribution < -0.4 is 10.4 Å². The number of benzene rings is 2. The van der Waals surface area contributed by atoms with E-state index >= 15 is 0 Å². The molecule has 0 aliphatic rings. The fourth-order valence-electron chi connectivity index (χ4n) is 3.70. The molecule has 0 radical (unpaired) electrons. The molecule has 0 spiro atoms. The van der Waals surface area contributed by atoms with Gasteiger partial charge in [0, 0.05) is 45.4 Å². The quantitative estimate of drug-likeness (QED) is 0.209. The van der Waals surface area contributed by atoms with Gasteiger partial charge in [-0.1, -0.05) is 29.8 Å². The molecule has 0 aliphatic carbocycles. The van der Waals surface area contributed by atoms with Crippen LogP contribution in [0.25, 0.3) is 17.0 Å². The average molecular weight is 479 g/mol. The second kappa shape index (κ2) is 9.97. The molecule has 2 aromatic carbocycles. The number of methoxy groups -OCH3 is 1. The number of carbonyl (C=O) groups is 1. The fourth-order valence-corrected chi connectivity index (χ4v) is 3.89. The lowest BCUT2D eigenvalue weighted by Gasteiger charge is -2.07. The van der Waals surface area contributed by atoms with Crippen molar-refractivity contribution in [1.29, 1.82) is 0 Å². The molecule has 0 unspecified atom stereocenters. The summed E-state index contributed by atoms with van der Waals surface area (Å²) in [5.41, 5.74) is 3.88. The Labute approximate surface area is 201 Å². The molecule has 0 N–H and O–H groups in total. The topological polar surface area (TPSA) is 83.6 Å². The number of halogens is 1. The first-order valence-electron chi connectivity index (χ1n) is 10.6.